The van der Waals surface area contributed by atoms with Gasteiger partial charge in [0.25, 0.3) is 0 Å². The van der Waals surface area contributed by atoms with Crippen molar-refractivity contribution in [1.82, 2.24) is 4.57 Å². The number of aromatic nitrogens is 2. The molecule has 2 unspecified atom stereocenters. The van der Waals surface area contributed by atoms with Crippen molar-refractivity contribution in [2.45, 2.75) is 186 Å². The minimum absolute atomic E-state index is 0.0114. The highest BCUT2D eigenvalue weighted by atomic mass is 15.1. The molecule has 2 atom stereocenters. The summed E-state index contributed by atoms with van der Waals surface area (Å²) in [5, 5.41) is 0. The predicted molar refractivity (Wildman–Crippen MR) is 201 cm³/mol. The normalized spacial score (nSPS) is 13.5. The van der Waals surface area contributed by atoms with Crippen LogP contribution in [-0.2, 0) is 18.4 Å². The summed E-state index contributed by atoms with van der Waals surface area (Å²) in [6, 6.07) is 22.9. The van der Waals surface area contributed by atoms with E-state index in [1.807, 2.05) is 0 Å². The second kappa shape index (κ2) is 23.9. The van der Waals surface area contributed by atoms with Gasteiger partial charge in [0.15, 0.2) is 0 Å². The second-order valence-electron chi connectivity index (χ2n) is 14.6. The summed E-state index contributed by atoms with van der Waals surface area (Å²) >= 11 is 0. The molecule has 2 heteroatoms. The lowest BCUT2D eigenvalue weighted by atomic mass is 9.70. The minimum Gasteiger partial charge on any atom is -0.237 e. The van der Waals surface area contributed by atoms with E-state index in [1.165, 1.54) is 152 Å². The molecule has 0 N–H and O–H groups in total. The summed E-state index contributed by atoms with van der Waals surface area (Å²) in [7, 11) is 0. The average molecular weight is 628 g/mol. The van der Waals surface area contributed by atoms with Crippen LogP contribution in [0.4, 0.5) is 0 Å². The van der Waals surface area contributed by atoms with Gasteiger partial charge in [0.2, 0.25) is 6.33 Å². The molecular formula is C44H71N2+. The Morgan fingerprint density at radius 2 is 1.02 bits per heavy atom. The zero-order chi connectivity index (χ0) is 32.5. The summed E-state index contributed by atoms with van der Waals surface area (Å²) < 4.78 is 5.04. The fraction of sp³-hybridized carbons (Fsp3) is 0.659. The molecule has 2 nitrogen and oxygen atoms in total. The smallest absolute Gasteiger partial charge is 0.237 e. The maximum absolute atomic E-state index is 2.58. The largest absolute Gasteiger partial charge is 0.244 e. The Kier molecular flexibility index (Phi) is 19.8. The van der Waals surface area contributed by atoms with Gasteiger partial charge in [0.1, 0.15) is 18.4 Å². The van der Waals surface area contributed by atoms with Gasteiger partial charge in [-0.15, -0.1) is 0 Å². The molecule has 1 aromatic heterocycles. The van der Waals surface area contributed by atoms with Gasteiger partial charge in [-0.2, -0.15) is 0 Å². The Balaban J connectivity index is 1.50. The fourth-order valence-corrected chi connectivity index (χ4v) is 7.56. The van der Waals surface area contributed by atoms with Crippen LogP contribution in [0, 0.1) is 0 Å². The first-order valence-electron chi connectivity index (χ1n) is 19.8. The number of nitrogens with zero attached hydrogens (tertiary/aromatic N) is 2. The van der Waals surface area contributed by atoms with E-state index in [1.54, 1.807) is 0 Å². The lowest BCUT2D eigenvalue weighted by Gasteiger charge is -2.37. The van der Waals surface area contributed by atoms with E-state index in [2.05, 4.69) is 109 Å². The van der Waals surface area contributed by atoms with E-state index < -0.39 is 0 Å². The highest BCUT2D eigenvalue weighted by molar-refractivity contribution is 5.30. The van der Waals surface area contributed by atoms with E-state index in [0.29, 0.717) is 6.04 Å². The minimum atomic E-state index is 0.0114. The molecule has 0 radical (unpaired) electrons. The molecule has 256 valence electrons. The molecule has 0 spiro atoms. The van der Waals surface area contributed by atoms with Crippen LogP contribution in [0.2, 0.25) is 0 Å². The number of aryl methyl sites for hydroxylation is 1. The standard InChI is InChI=1S/C44H71N2/c1-4-6-8-10-12-13-14-15-16-17-18-19-20-22-30-36-45-37-38-46(40-45)43(35-29-21-11-9-7-5-2)44(3,42-33-27-24-28-34-42)39-41-31-25-23-26-32-41/h23-28,31-34,37-38,40,43H,4-22,29-30,35-36,39H2,1-3H3/q+1. The number of hydrogen-bond donors (Lipinski definition) is 0. The molecule has 0 aliphatic carbocycles. The quantitative estimate of drug-likeness (QED) is 0.0559. The van der Waals surface area contributed by atoms with Crippen LogP contribution in [0.3, 0.4) is 0 Å². The van der Waals surface area contributed by atoms with Crippen molar-refractivity contribution in [2.75, 3.05) is 0 Å². The van der Waals surface area contributed by atoms with E-state index in [9.17, 15) is 0 Å². The lowest BCUT2D eigenvalue weighted by Crippen LogP contribution is -2.38. The van der Waals surface area contributed by atoms with E-state index >= 15 is 0 Å². The summed E-state index contributed by atoms with van der Waals surface area (Å²) in [5.41, 5.74) is 2.90. The summed E-state index contributed by atoms with van der Waals surface area (Å²) in [4.78, 5) is 0. The predicted octanol–water partition coefficient (Wildman–Crippen LogP) is 13.1. The first kappa shape index (κ1) is 38.1. The average Bonchev–Trinajstić information content (AvgIpc) is 3.55. The molecule has 0 amide bonds. The molecule has 0 aliphatic heterocycles. The molecule has 0 fully saturated rings. The molecule has 1 heterocycles. The van der Waals surface area contributed by atoms with Crippen molar-refractivity contribution < 1.29 is 4.57 Å². The topological polar surface area (TPSA) is 8.81 Å². The lowest BCUT2D eigenvalue weighted by molar-refractivity contribution is -0.697. The van der Waals surface area contributed by atoms with Crippen molar-refractivity contribution in [3.8, 4) is 0 Å². The Labute approximate surface area is 285 Å². The molecular weight excluding hydrogens is 556 g/mol. The molecule has 0 saturated heterocycles. The highest BCUT2D eigenvalue weighted by Gasteiger charge is 2.40. The Hall–Kier alpha value is -2.35. The monoisotopic (exact) mass is 628 g/mol. The van der Waals surface area contributed by atoms with Gasteiger partial charge >= 0.3 is 0 Å². The van der Waals surface area contributed by atoms with Gasteiger partial charge in [0.05, 0.1) is 6.54 Å². The molecule has 2 aromatic carbocycles. The summed E-state index contributed by atoms with van der Waals surface area (Å²) in [5.74, 6) is 0. The Morgan fingerprint density at radius 1 is 0.565 bits per heavy atom. The highest BCUT2D eigenvalue weighted by Crippen LogP contribution is 2.41. The van der Waals surface area contributed by atoms with Crippen molar-refractivity contribution in [3.63, 3.8) is 0 Å². The van der Waals surface area contributed by atoms with Crippen LogP contribution in [0.15, 0.2) is 79.4 Å². The van der Waals surface area contributed by atoms with Crippen LogP contribution >= 0.6 is 0 Å². The second-order valence-corrected chi connectivity index (χ2v) is 14.6. The maximum atomic E-state index is 2.58. The molecule has 46 heavy (non-hydrogen) atoms. The zero-order valence-corrected chi connectivity index (χ0v) is 30.4. The third-order valence-corrected chi connectivity index (χ3v) is 10.5. The first-order chi connectivity index (χ1) is 22.7. The SMILES string of the molecule is CCCCCCCCCCCCCCCCC[n+]1ccn(C(CCCCCCCC)C(C)(Cc2ccccc2)c2ccccc2)c1. The van der Waals surface area contributed by atoms with E-state index in [0.717, 1.165) is 13.0 Å². The fourth-order valence-electron chi connectivity index (χ4n) is 7.56. The molecule has 3 aromatic rings. The van der Waals surface area contributed by atoms with Gasteiger partial charge in [-0.25, -0.2) is 9.13 Å². The Morgan fingerprint density at radius 3 is 1.54 bits per heavy atom. The summed E-state index contributed by atoms with van der Waals surface area (Å²) in [6.45, 7) is 8.27. The molecule has 0 bridgehead atoms. The van der Waals surface area contributed by atoms with Crippen LogP contribution in [0.25, 0.3) is 0 Å². The van der Waals surface area contributed by atoms with Crippen molar-refractivity contribution in [1.29, 1.82) is 0 Å². The third kappa shape index (κ3) is 14.6. The summed E-state index contributed by atoms with van der Waals surface area (Å²) in [6.07, 6.45) is 38.8. The number of unbranched alkanes of at least 4 members (excludes halogenated alkanes) is 19. The zero-order valence-electron chi connectivity index (χ0n) is 30.4. The van der Waals surface area contributed by atoms with Gasteiger partial charge in [0, 0.05) is 5.41 Å². The van der Waals surface area contributed by atoms with E-state index in [4.69, 9.17) is 0 Å². The van der Waals surface area contributed by atoms with Gasteiger partial charge < -0.3 is 0 Å². The van der Waals surface area contributed by atoms with Crippen molar-refractivity contribution >= 4 is 0 Å². The molecule has 0 saturated carbocycles. The van der Waals surface area contributed by atoms with Crippen molar-refractivity contribution in [3.05, 3.63) is 90.5 Å². The van der Waals surface area contributed by atoms with E-state index in [-0.39, 0.29) is 5.41 Å². The van der Waals surface area contributed by atoms with Crippen LogP contribution in [-0.4, -0.2) is 4.57 Å². The molecule has 0 aliphatic rings. The number of hydrogen-bond acceptors (Lipinski definition) is 0. The van der Waals surface area contributed by atoms with Gasteiger partial charge in [-0.3, -0.25) is 0 Å². The number of rotatable bonds is 28. The first-order valence-corrected chi connectivity index (χ1v) is 19.8. The maximum Gasteiger partial charge on any atom is 0.244 e. The molecule has 3 rings (SSSR count). The van der Waals surface area contributed by atoms with Crippen LogP contribution in [0.1, 0.15) is 179 Å². The third-order valence-electron chi connectivity index (χ3n) is 10.5. The van der Waals surface area contributed by atoms with Gasteiger partial charge in [-0.1, -0.05) is 197 Å². The number of benzene rings is 2. The number of imidazole rings is 1. The Bertz CT molecular complexity index is 1100. The van der Waals surface area contributed by atoms with Gasteiger partial charge in [-0.05, 0) is 43.2 Å². The van der Waals surface area contributed by atoms with Crippen molar-refractivity contribution in [2.24, 2.45) is 0 Å². The van der Waals surface area contributed by atoms with Crippen LogP contribution in [0.5, 0.6) is 0 Å². The van der Waals surface area contributed by atoms with Crippen LogP contribution < -0.4 is 4.57 Å².